The molecule has 1 heterocycles. The van der Waals surface area contributed by atoms with Crippen molar-refractivity contribution in [2.24, 2.45) is 5.92 Å². The Morgan fingerprint density at radius 3 is 2.95 bits per heavy atom. The summed E-state index contributed by atoms with van der Waals surface area (Å²) < 4.78 is 0. The van der Waals surface area contributed by atoms with Crippen LogP contribution in [0.5, 0.6) is 0 Å². The summed E-state index contributed by atoms with van der Waals surface area (Å²) in [7, 11) is 1.97. The maximum absolute atomic E-state index is 12.3. The molecule has 1 N–H and O–H groups in total. The van der Waals surface area contributed by atoms with Gasteiger partial charge in [-0.05, 0) is 57.1 Å². The molecule has 0 bridgehead atoms. The van der Waals surface area contributed by atoms with Crippen LogP contribution in [0, 0.1) is 5.92 Å². The highest BCUT2D eigenvalue weighted by atomic mass is 35.5. The number of hydrogen-bond acceptors (Lipinski definition) is 3. The summed E-state index contributed by atoms with van der Waals surface area (Å²) in [5.74, 6) is 0.694. The molecule has 3 nitrogen and oxygen atoms in total. The number of ketones is 1. The summed E-state index contributed by atoms with van der Waals surface area (Å²) in [6.07, 6.45) is 2.38. The maximum atomic E-state index is 12.3. The molecule has 1 fully saturated rings. The monoisotopic (exact) mass is 314 g/mol. The topological polar surface area (TPSA) is 32.3 Å². The van der Waals surface area contributed by atoms with Gasteiger partial charge in [0.15, 0.2) is 5.78 Å². The van der Waals surface area contributed by atoms with Gasteiger partial charge in [0.1, 0.15) is 0 Å². The van der Waals surface area contributed by atoms with Crippen LogP contribution >= 0.6 is 23.2 Å². The van der Waals surface area contributed by atoms with Crippen LogP contribution in [0.4, 0.5) is 0 Å². The molecule has 0 saturated carbocycles. The Kier molecular flexibility index (Phi) is 5.85. The molecular weight excluding hydrogens is 295 g/mol. The lowest BCUT2D eigenvalue weighted by atomic mass is 9.97. The van der Waals surface area contributed by atoms with Crippen molar-refractivity contribution in [2.45, 2.75) is 12.8 Å². The van der Waals surface area contributed by atoms with E-state index in [1.807, 2.05) is 7.05 Å². The number of Topliss-reactive ketones (excluding diaryl/α,β-unsaturated/α-hetero) is 1. The molecule has 0 aromatic heterocycles. The van der Waals surface area contributed by atoms with Crippen LogP contribution in [0.3, 0.4) is 0 Å². The summed E-state index contributed by atoms with van der Waals surface area (Å²) in [6, 6.07) is 5.04. The van der Waals surface area contributed by atoms with E-state index in [0.29, 0.717) is 28.1 Å². The van der Waals surface area contributed by atoms with Crippen molar-refractivity contribution in [1.82, 2.24) is 10.2 Å². The zero-order valence-corrected chi connectivity index (χ0v) is 13.2. The van der Waals surface area contributed by atoms with Crippen molar-refractivity contribution in [3.8, 4) is 0 Å². The first-order chi connectivity index (χ1) is 9.60. The van der Waals surface area contributed by atoms with Gasteiger partial charge in [0.05, 0.1) is 11.6 Å². The number of halogens is 2. The van der Waals surface area contributed by atoms with Gasteiger partial charge in [-0.3, -0.25) is 9.69 Å². The number of carbonyl (C=O) groups is 1. The lowest BCUT2D eigenvalue weighted by Crippen LogP contribution is -2.41. The Morgan fingerprint density at radius 2 is 2.25 bits per heavy atom. The predicted molar refractivity (Wildman–Crippen MR) is 83.9 cm³/mol. The highest BCUT2D eigenvalue weighted by molar-refractivity contribution is 6.36. The number of nitrogens with one attached hydrogen (secondary N) is 1. The van der Waals surface area contributed by atoms with Crippen LogP contribution in [0.1, 0.15) is 23.2 Å². The highest BCUT2D eigenvalue weighted by Crippen LogP contribution is 2.22. The molecule has 0 radical (unpaired) electrons. The van der Waals surface area contributed by atoms with E-state index in [1.165, 1.54) is 6.42 Å². The van der Waals surface area contributed by atoms with E-state index in [4.69, 9.17) is 23.2 Å². The molecular formula is C15H20Cl2N2O. The van der Waals surface area contributed by atoms with Gasteiger partial charge in [-0.25, -0.2) is 0 Å². The van der Waals surface area contributed by atoms with Crippen LogP contribution in [0.15, 0.2) is 18.2 Å². The second kappa shape index (κ2) is 7.41. The fourth-order valence-corrected chi connectivity index (χ4v) is 3.27. The number of benzene rings is 1. The van der Waals surface area contributed by atoms with E-state index in [9.17, 15) is 4.79 Å². The summed E-state index contributed by atoms with van der Waals surface area (Å²) in [6.45, 7) is 3.39. The number of piperidine rings is 1. The third-order valence-electron chi connectivity index (χ3n) is 3.69. The van der Waals surface area contributed by atoms with Gasteiger partial charge in [0.25, 0.3) is 0 Å². The number of nitrogens with zero attached hydrogens (tertiary/aromatic N) is 1. The third-order valence-corrected chi connectivity index (χ3v) is 4.24. The summed E-state index contributed by atoms with van der Waals surface area (Å²) in [5, 5.41) is 4.20. The summed E-state index contributed by atoms with van der Waals surface area (Å²) >= 11 is 11.9. The zero-order chi connectivity index (χ0) is 14.5. The molecule has 0 aliphatic carbocycles. The van der Waals surface area contributed by atoms with E-state index in [2.05, 4.69) is 10.2 Å². The molecule has 1 aromatic carbocycles. The van der Waals surface area contributed by atoms with Crippen LogP contribution in [-0.4, -0.2) is 43.9 Å². The van der Waals surface area contributed by atoms with Crippen molar-refractivity contribution in [1.29, 1.82) is 0 Å². The van der Waals surface area contributed by atoms with Gasteiger partial charge in [0, 0.05) is 17.1 Å². The highest BCUT2D eigenvalue weighted by Gasteiger charge is 2.22. The Bertz CT molecular complexity index is 477. The third kappa shape index (κ3) is 4.19. The minimum Gasteiger partial charge on any atom is -0.319 e. The molecule has 1 aromatic rings. The van der Waals surface area contributed by atoms with Crippen LogP contribution in [0.2, 0.25) is 10.0 Å². The maximum Gasteiger partial charge on any atom is 0.178 e. The van der Waals surface area contributed by atoms with Crippen molar-refractivity contribution < 1.29 is 4.79 Å². The van der Waals surface area contributed by atoms with E-state index in [-0.39, 0.29) is 5.78 Å². The fourth-order valence-electron chi connectivity index (χ4n) is 2.75. The fraction of sp³-hybridized carbons (Fsp3) is 0.533. The lowest BCUT2D eigenvalue weighted by Gasteiger charge is -2.32. The molecule has 0 amide bonds. The lowest BCUT2D eigenvalue weighted by molar-refractivity contribution is 0.0887. The first-order valence-electron chi connectivity index (χ1n) is 6.95. The minimum atomic E-state index is 0.0665. The van der Waals surface area contributed by atoms with E-state index in [0.717, 1.165) is 26.1 Å². The standard InChI is InChI=1S/C15H20Cl2N2O/c1-18-8-11-3-2-6-19(9-11)10-15(20)13-5-4-12(16)7-14(13)17/h4-5,7,11,18H,2-3,6,8-10H2,1H3. The van der Waals surface area contributed by atoms with Crippen LogP contribution in [0.25, 0.3) is 0 Å². The minimum absolute atomic E-state index is 0.0665. The zero-order valence-electron chi connectivity index (χ0n) is 11.7. The van der Waals surface area contributed by atoms with Gasteiger partial charge in [-0.2, -0.15) is 0 Å². The van der Waals surface area contributed by atoms with Gasteiger partial charge in [-0.1, -0.05) is 23.2 Å². The van der Waals surface area contributed by atoms with Crippen molar-refractivity contribution in [3.05, 3.63) is 33.8 Å². The number of carbonyl (C=O) groups excluding carboxylic acids is 1. The van der Waals surface area contributed by atoms with E-state index < -0.39 is 0 Å². The van der Waals surface area contributed by atoms with Gasteiger partial charge in [-0.15, -0.1) is 0 Å². The second-order valence-corrected chi connectivity index (χ2v) is 6.19. The average Bonchev–Trinajstić information content (AvgIpc) is 2.39. The molecule has 110 valence electrons. The SMILES string of the molecule is CNCC1CCCN(CC(=O)c2ccc(Cl)cc2Cl)C1. The average molecular weight is 315 g/mol. The molecule has 1 aliphatic rings. The summed E-state index contributed by atoms with van der Waals surface area (Å²) in [4.78, 5) is 14.5. The molecule has 5 heteroatoms. The van der Waals surface area contributed by atoms with E-state index in [1.54, 1.807) is 18.2 Å². The van der Waals surface area contributed by atoms with Crippen LogP contribution < -0.4 is 5.32 Å². The largest absolute Gasteiger partial charge is 0.319 e. The second-order valence-electron chi connectivity index (χ2n) is 5.35. The van der Waals surface area contributed by atoms with Crippen molar-refractivity contribution >= 4 is 29.0 Å². The smallest absolute Gasteiger partial charge is 0.178 e. The Labute approximate surface area is 130 Å². The first kappa shape index (κ1) is 15.8. The Balaban J connectivity index is 1.97. The number of hydrogen-bond donors (Lipinski definition) is 1. The molecule has 1 saturated heterocycles. The van der Waals surface area contributed by atoms with Gasteiger partial charge >= 0.3 is 0 Å². The molecule has 20 heavy (non-hydrogen) atoms. The van der Waals surface area contributed by atoms with Gasteiger partial charge < -0.3 is 5.32 Å². The normalized spacial score (nSPS) is 20.1. The first-order valence-corrected chi connectivity index (χ1v) is 7.71. The Hall–Kier alpha value is -0.610. The molecule has 2 rings (SSSR count). The number of likely N-dealkylation sites (tertiary alicyclic amines) is 1. The Morgan fingerprint density at radius 1 is 1.45 bits per heavy atom. The molecule has 1 atom stereocenters. The van der Waals surface area contributed by atoms with Gasteiger partial charge in [0.2, 0.25) is 0 Å². The van der Waals surface area contributed by atoms with Crippen molar-refractivity contribution in [2.75, 3.05) is 33.2 Å². The quantitative estimate of drug-likeness (QED) is 0.848. The predicted octanol–water partition coefficient (Wildman–Crippen LogP) is 3.11. The molecule has 1 unspecified atom stereocenters. The molecule has 1 aliphatic heterocycles. The van der Waals surface area contributed by atoms with Crippen molar-refractivity contribution in [3.63, 3.8) is 0 Å². The van der Waals surface area contributed by atoms with E-state index >= 15 is 0 Å². The number of rotatable bonds is 5. The molecule has 0 spiro atoms. The summed E-state index contributed by atoms with van der Waals surface area (Å²) in [5.41, 5.74) is 0.562. The van der Waals surface area contributed by atoms with Crippen LogP contribution in [-0.2, 0) is 0 Å².